The predicted molar refractivity (Wildman–Crippen MR) is 77.9 cm³/mol. The van der Waals surface area contributed by atoms with Gasteiger partial charge >= 0.3 is 0 Å². The molecule has 0 aliphatic heterocycles. The minimum Gasteiger partial charge on any atom is -0.508 e. The first-order chi connectivity index (χ1) is 9.08. The van der Waals surface area contributed by atoms with Gasteiger partial charge in [-0.1, -0.05) is 30.4 Å². The van der Waals surface area contributed by atoms with Crippen LogP contribution >= 0.6 is 12.2 Å². The van der Waals surface area contributed by atoms with Crippen LogP contribution in [0, 0.1) is 0 Å². The zero-order chi connectivity index (χ0) is 13.8. The van der Waals surface area contributed by atoms with Crippen LogP contribution in [0.5, 0.6) is 5.75 Å². The molecule has 102 valence electrons. The first-order valence-electron chi connectivity index (χ1n) is 6.42. The Kier molecular flexibility index (Phi) is 4.37. The Hall–Kier alpha value is -1.62. The summed E-state index contributed by atoms with van der Waals surface area (Å²) in [6, 6.07) is 7.26. The van der Waals surface area contributed by atoms with Gasteiger partial charge in [-0.2, -0.15) is 0 Å². The number of hydrogen-bond acceptors (Lipinski definition) is 3. The van der Waals surface area contributed by atoms with Gasteiger partial charge in [0.25, 0.3) is 0 Å². The number of amides is 1. The molecular weight excluding hydrogens is 260 g/mol. The molecule has 1 aromatic rings. The summed E-state index contributed by atoms with van der Waals surface area (Å²) in [5.74, 6) is 0.196. The lowest BCUT2D eigenvalue weighted by Crippen LogP contribution is -2.36. The molecule has 19 heavy (non-hydrogen) atoms. The number of para-hydroxylation sites is 1. The Bertz CT molecular complexity index is 486. The highest BCUT2D eigenvalue weighted by Gasteiger charge is 2.32. The van der Waals surface area contributed by atoms with Gasteiger partial charge in [-0.25, -0.2) is 0 Å². The average Bonchev–Trinajstić information content (AvgIpc) is 3.16. The van der Waals surface area contributed by atoms with E-state index in [9.17, 15) is 9.90 Å². The lowest BCUT2D eigenvalue weighted by atomic mass is 10.1. The van der Waals surface area contributed by atoms with Gasteiger partial charge in [0.2, 0.25) is 5.91 Å². The molecule has 5 heteroatoms. The lowest BCUT2D eigenvalue weighted by molar-refractivity contribution is -0.131. The summed E-state index contributed by atoms with van der Waals surface area (Å²) in [6.45, 7) is 0.576. The molecule has 1 fully saturated rings. The minimum absolute atomic E-state index is 0.0280. The molecule has 0 unspecified atom stereocenters. The summed E-state index contributed by atoms with van der Waals surface area (Å²) in [7, 11) is 0. The van der Waals surface area contributed by atoms with Crippen LogP contribution in [0.2, 0.25) is 0 Å². The predicted octanol–water partition coefficient (Wildman–Crippen LogP) is 1.60. The van der Waals surface area contributed by atoms with Crippen molar-refractivity contribution in [1.82, 2.24) is 4.90 Å². The van der Waals surface area contributed by atoms with Crippen LogP contribution in [0.25, 0.3) is 0 Å². The summed E-state index contributed by atoms with van der Waals surface area (Å²) >= 11 is 4.86. The molecule has 0 saturated heterocycles. The number of hydrogen-bond donors (Lipinski definition) is 2. The molecule has 1 aliphatic rings. The van der Waals surface area contributed by atoms with Crippen molar-refractivity contribution in [1.29, 1.82) is 0 Å². The summed E-state index contributed by atoms with van der Waals surface area (Å²) in [4.78, 5) is 14.6. The number of nitrogens with two attached hydrogens (primary N) is 1. The third-order valence-electron chi connectivity index (χ3n) is 3.24. The van der Waals surface area contributed by atoms with Crippen molar-refractivity contribution < 1.29 is 9.90 Å². The number of carbonyl (C=O) groups is 1. The summed E-state index contributed by atoms with van der Waals surface area (Å²) in [5.41, 5.74) is 6.15. The summed E-state index contributed by atoms with van der Waals surface area (Å²) in [5, 5.41) is 9.70. The van der Waals surface area contributed by atoms with Crippen LogP contribution < -0.4 is 5.73 Å². The van der Waals surface area contributed by atoms with Crippen molar-refractivity contribution in [3.8, 4) is 5.75 Å². The maximum atomic E-state index is 12.3. The third-order valence-corrected chi connectivity index (χ3v) is 3.44. The van der Waals surface area contributed by atoms with E-state index in [-0.39, 0.29) is 18.1 Å². The van der Waals surface area contributed by atoms with E-state index in [1.54, 1.807) is 18.2 Å². The van der Waals surface area contributed by atoms with Crippen molar-refractivity contribution in [3.63, 3.8) is 0 Å². The van der Waals surface area contributed by atoms with Crippen LogP contribution in [0.15, 0.2) is 24.3 Å². The fraction of sp³-hybridized carbons (Fsp3) is 0.429. The smallest absolute Gasteiger partial charge is 0.227 e. The molecule has 2 rings (SSSR count). The Balaban J connectivity index is 1.99. The van der Waals surface area contributed by atoms with Crippen molar-refractivity contribution in [2.75, 3.05) is 6.54 Å². The van der Waals surface area contributed by atoms with Crippen molar-refractivity contribution >= 4 is 23.1 Å². The van der Waals surface area contributed by atoms with E-state index < -0.39 is 0 Å². The minimum atomic E-state index is 0.0280. The Labute approximate surface area is 118 Å². The highest BCUT2D eigenvalue weighted by atomic mass is 32.1. The second kappa shape index (κ2) is 6.02. The van der Waals surface area contributed by atoms with Crippen molar-refractivity contribution in [2.45, 2.75) is 31.7 Å². The largest absolute Gasteiger partial charge is 0.508 e. The van der Waals surface area contributed by atoms with Crippen LogP contribution in [-0.2, 0) is 11.2 Å². The fourth-order valence-corrected chi connectivity index (χ4v) is 2.14. The molecule has 3 N–H and O–H groups in total. The Morgan fingerprint density at radius 2 is 2.11 bits per heavy atom. The highest BCUT2D eigenvalue weighted by Crippen LogP contribution is 2.28. The number of benzene rings is 1. The zero-order valence-corrected chi connectivity index (χ0v) is 11.5. The number of nitrogens with zero attached hydrogens (tertiary/aromatic N) is 1. The maximum Gasteiger partial charge on any atom is 0.227 e. The van der Waals surface area contributed by atoms with E-state index in [1.807, 2.05) is 11.0 Å². The highest BCUT2D eigenvalue weighted by molar-refractivity contribution is 7.80. The summed E-state index contributed by atoms with van der Waals surface area (Å²) in [6.07, 6.45) is 2.87. The maximum absolute atomic E-state index is 12.3. The topological polar surface area (TPSA) is 66.6 Å². The molecule has 0 heterocycles. The first-order valence-corrected chi connectivity index (χ1v) is 6.83. The van der Waals surface area contributed by atoms with Gasteiger partial charge in [-0.05, 0) is 18.9 Å². The van der Waals surface area contributed by atoms with Gasteiger partial charge in [-0.3, -0.25) is 4.79 Å². The molecule has 1 aromatic carbocycles. The zero-order valence-electron chi connectivity index (χ0n) is 10.7. The van der Waals surface area contributed by atoms with Gasteiger partial charge in [0, 0.05) is 24.6 Å². The van der Waals surface area contributed by atoms with Crippen LogP contribution in [0.1, 0.15) is 24.8 Å². The molecule has 0 bridgehead atoms. The molecular formula is C14H18N2O2S. The van der Waals surface area contributed by atoms with Gasteiger partial charge < -0.3 is 15.7 Å². The Morgan fingerprint density at radius 1 is 1.42 bits per heavy atom. The number of thiocarbonyl (C=S) groups is 1. The van der Waals surface area contributed by atoms with E-state index in [4.69, 9.17) is 18.0 Å². The van der Waals surface area contributed by atoms with Crippen LogP contribution in [-0.4, -0.2) is 33.5 Å². The lowest BCUT2D eigenvalue weighted by Gasteiger charge is -2.22. The number of rotatable bonds is 6. The number of phenolic OH excluding ortho intramolecular Hbond substituents is 1. The van der Waals surface area contributed by atoms with Crippen molar-refractivity contribution in [3.05, 3.63) is 29.8 Å². The van der Waals surface area contributed by atoms with Gasteiger partial charge in [0.1, 0.15) is 5.75 Å². The van der Waals surface area contributed by atoms with Gasteiger partial charge in [0.05, 0.1) is 11.4 Å². The molecule has 4 nitrogen and oxygen atoms in total. The Morgan fingerprint density at radius 3 is 2.68 bits per heavy atom. The SMILES string of the molecule is NC(=S)CCN(C(=O)Cc1ccccc1O)C1CC1. The third kappa shape index (κ3) is 3.92. The molecule has 1 aliphatic carbocycles. The van der Waals surface area contributed by atoms with E-state index in [1.165, 1.54) is 0 Å². The second-order valence-corrected chi connectivity index (χ2v) is 5.36. The number of carbonyl (C=O) groups excluding carboxylic acids is 1. The second-order valence-electron chi connectivity index (χ2n) is 4.84. The first kappa shape index (κ1) is 13.8. The molecule has 0 atom stereocenters. The van der Waals surface area contributed by atoms with E-state index in [0.29, 0.717) is 29.6 Å². The van der Waals surface area contributed by atoms with Gasteiger partial charge in [0.15, 0.2) is 0 Å². The fourth-order valence-electron chi connectivity index (χ4n) is 2.05. The van der Waals surface area contributed by atoms with E-state index in [2.05, 4.69) is 0 Å². The molecule has 0 spiro atoms. The summed E-state index contributed by atoms with van der Waals surface area (Å²) < 4.78 is 0. The quantitative estimate of drug-likeness (QED) is 0.776. The van der Waals surface area contributed by atoms with E-state index >= 15 is 0 Å². The van der Waals surface area contributed by atoms with Crippen LogP contribution in [0.4, 0.5) is 0 Å². The molecule has 1 saturated carbocycles. The monoisotopic (exact) mass is 278 g/mol. The molecule has 0 radical (unpaired) electrons. The van der Waals surface area contributed by atoms with Crippen LogP contribution in [0.3, 0.4) is 0 Å². The van der Waals surface area contributed by atoms with E-state index in [0.717, 1.165) is 12.8 Å². The van der Waals surface area contributed by atoms with Crippen molar-refractivity contribution in [2.24, 2.45) is 5.73 Å². The normalized spacial score (nSPS) is 14.1. The van der Waals surface area contributed by atoms with Gasteiger partial charge in [-0.15, -0.1) is 0 Å². The number of phenols is 1. The number of aromatic hydroxyl groups is 1. The standard InChI is InChI=1S/C14H18N2O2S/c15-13(19)7-8-16(11-5-6-11)14(18)9-10-3-1-2-4-12(10)17/h1-4,11,17H,5-9H2,(H2,15,19). The molecule has 0 aromatic heterocycles. The average molecular weight is 278 g/mol. The molecule has 1 amide bonds.